The number of methoxy groups -OCH3 is 1. The molecule has 0 atom stereocenters. The van der Waals surface area contributed by atoms with Gasteiger partial charge in [0, 0.05) is 19.3 Å². The van der Waals surface area contributed by atoms with Gasteiger partial charge in [-0.15, -0.1) is 0 Å². The molecule has 0 aliphatic carbocycles. The molecule has 0 aliphatic rings. The van der Waals surface area contributed by atoms with E-state index in [2.05, 4.69) is 21.2 Å². The number of amides is 1. The van der Waals surface area contributed by atoms with E-state index in [4.69, 9.17) is 4.74 Å². The SMILES string of the molecule is CCN(C)C(=O)CNc1ccc(OC)c(Br)c1. The number of ether oxygens (including phenoxy) is 1. The number of likely N-dealkylation sites (N-methyl/N-ethyl adjacent to an activating group) is 1. The monoisotopic (exact) mass is 300 g/mol. The van der Waals surface area contributed by atoms with Crippen molar-refractivity contribution in [3.63, 3.8) is 0 Å². The normalized spacial score (nSPS) is 9.88. The van der Waals surface area contributed by atoms with Gasteiger partial charge in [-0.2, -0.15) is 0 Å². The minimum absolute atomic E-state index is 0.0689. The summed E-state index contributed by atoms with van der Waals surface area (Å²) in [4.78, 5) is 13.3. The molecule has 94 valence electrons. The van der Waals surface area contributed by atoms with Crippen molar-refractivity contribution in [1.29, 1.82) is 0 Å². The fourth-order valence-corrected chi connectivity index (χ4v) is 1.81. The zero-order chi connectivity index (χ0) is 12.8. The van der Waals surface area contributed by atoms with Gasteiger partial charge in [-0.3, -0.25) is 4.79 Å². The minimum Gasteiger partial charge on any atom is -0.496 e. The fraction of sp³-hybridized carbons (Fsp3) is 0.417. The quantitative estimate of drug-likeness (QED) is 0.907. The summed E-state index contributed by atoms with van der Waals surface area (Å²) in [6, 6.07) is 5.61. The van der Waals surface area contributed by atoms with Crippen LogP contribution in [0.5, 0.6) is 5.75 Å². The highest BCUT2D eigenvalue weighted by Crippen LogP contribution is 2.27. The Bertz CT molecular complexity index is 396. The van der Waals surface area contributed by atoms with Crippen LogP contribution in [-0.4, -0.2) is 38.1 Å². The molecular formula is C12H17BrN2O2. The van der Waals surface area contributed by atoms with Crippen molar-refractivity contribution in [1.82, 2.24) is 4.90 Å². The summed E-state index contributed by atoms with van der Waals surface area (Å²) in [6.45, 7) is 2.96. The number of hydrogen-bond acceptors (Lipinski definition) is 3. The van der Waals surface area contributed by atoms with Crippen molar-refractivity contribution < 1.29 is 9.53 Å². The third kappa shape index (κ3) is 3.93. The van der Waals surface area contributed by atoms with Crippen molar-refractivity contribution in [2.45, 2.75) is 6.92 Å². The molecule has 0 saturated carbocycles. The molecule has 0 radical (unpaired) electrons. The Morgan fingerprint density at radius 2 is 2.24 bits per heavy atom. The molecule has 0 heterocycles. The second-order valence-electron chi connectivity index (χ2n) is 3.61. The third-order valence-electron chi connectivity index (χ3n) is 2.50. The van der Waals surface area contributed by atoms with Crippen LogP contribution in [0.4, 0.5) is 5.69 Å². The first-order valence-corrected chi connectivity index (χ1v) is 6.19. The van der Waals surface area contributed by atoms with Crippen molar-refractivity contribution >= 4 is 27.5 Å². The topological polar surface area (TPSA) is 41.6 Å². The van der Waals surface area contributed by atoms with Gasteiger partial charge in [0.05, 0.1) is 18.1 Å². The van der Waals surface area contributed by atoms with Crippen LogP contribution < -0.4 is 10.1 Å². The van der Waals surface area contributed by atoms with Crippen LogP contribution >= 0.6 is 15.9 Å². The highest BCUT2D eigenvalue weighted by atomic mass is 79.9. The lowest BCUT2D eigenvalue weighted by atomic mass is 10.3. The molecule has 1 rings (SSSR count). The van der Waals surface area contributed by atoms with E-state index in [0.29, 0.717) is 13.1 Å². The predicted octanol–water partition coefficient (Wildman–Crippen LogP) is 2.35. The standard InChI is InChI=1S/C12H17BrN2O2/c1-4-15(2)12(16)8-14-9-5-6-11(17-3)10(13)7-9/h5-7,14H,4,8H2,1-3H3. The van der Waals surface area contributed by atoms with Crippen molar-refractivity contribution in [2.24, 2.45) is 0 Å². The van der Waals surface area contributed by atoms with Crippen molar-refractivity contribution in [3.05, 3.63) is 22.7 Å². The molecule has 0 fully saturated rings. The molecule has 1 amide bonds. The van der Waals surface area contributed by atoms with E-state index in [1.807, 2.05) is 25.1 Å². The van der Waals surface area contributed by atoms with Gasteiger partial charge >= 0.3 is 0 Å². The maximum atomic E-state index is 11.6. The average Bonchev–Trinajstić information content (AvgIpc) is 2.35. The maximum Gasteiger partial charge on any atom is 0.241 e. The van der Waals surface area contributed by atoms with Gasteiger partial charge < -0.3 is 15.0 Å². The van der Waals surface area contributed by atoms with Gasteiger partial charge in [0.15, 0.2) is 0 Å². The first kappa shape index (κ1) is 13.8. The number of nitrogens with one attached hydrogen (secondary N) is 1. The van der Waals surface area contributed by atoms with Crippen LogP contribution in [0.1, 0.15) is 6.92 Å². The zero-order valence-corrected chi connectivity index (χ0v) is 11.9. The molecular weight excluding hydrogens is 284 g/mol. The molecule has 0 spiro atoms. The van der Waals surface area contributed by atoms with Crippen LogP contribution in [0.25, 0.3) is 0 Å². The van der Waals surface area contributed by atoms with Crippen LogP contribution in [0.2, 0.25) is 0 Å². The second kappa shape index (κ2) is 6.49. The van der Waals surface area contributed by atoms with Crippen LogP contribution in [0.3, 0.4) is 0 Å². The van der Waals surface area contributed by atoms with Crippen LogP contribution in [0.15, 0.2) is 22.7 Å². The van der Waals surface area contributed by atoms with E-state index in [1.54, 1.807) is 19.1 Å². The predicted molar refractivity (Wildman–Crippen MR) is 72.5 cm³/mol. The highest BCUT2D eigenvalue weighted by molar-refractivity contribution is 9.10. The van der Waals surface area contributed by atoms with E-state index < -0.39 is 0 Å². The summed E-state index contributed by atoms with van der Waals surface area (Å²) >= 11 is 3.40. The first-order chi connectivity index (χ1) is 8.08. The van der Waals surface area contributed by atoms with Gasteiger partial charge in [-0.1, -0.05) is 0 Å². The van der Waals surface area contributed by atoms with Crippen LogP contribution in [-0.2, 0) is 4.79 Å². The van der Waals surface area contributed by atoms with Gasteiger partial charge in [0.25, 0.3) is 0 Å². The van der Waals surface area contributed by atoms with Crippen molar-refractivity contribution in [3.8, 4) is 5.75 Å². The lowest BCUT2D eigenvalue weighted by molar-refractivity contribution is -0.127. The molecule has 0 aromatic heterocycles. The molecule has 0 bridgehead atoms. The smallest absolute Gasteiger partial charge is 0.241 e. The number of benzene rings is 1. The fourth-order valence-electron chi connectivity index (χ4n) is 1.27. The first-order valence-electron chi connectivity index (χ1n) is 5.39. The number of rotatable bonds is 5. The Kier molecular flexibility index (Phi) is 5.28. The van der Waals surface area contributed by atoms with E-state index >= 15 is 0 Å². The zero-order valence-electron chi connectivity index (χ0n) is 10.3. The highest BCUT2D eigenvalue weighted by Gasteiger charge is 2.06. The summed E-state index contributed by atoms with van der Waals surface area (Å²) in [5.74, 6) is 0.840. The number of carbonyl (C=O) groups is 1. The Morgan fingerprint density at radius 3 is 2.76 bits per heavy atom. The lowest BCUT2D eigenvalue weighted by Crippen LogP contribution is -2.31. The van der Waals surface area contributed by atoms with Crippen molar-refractivity contribution in [2.75, 3.05) is 32.6 Å². The second-order valence-corrected chi connectivity index (χ2v) is 4.47. The third-order valence-corrected chi connectivity index (χ3v) is 3.12. The van der Waals surface area contributed by atoms with E-state index in [0.717, 1.165) is 15.9 Å². The van der Waals surface area contributed by atoms with E-state index in [-0.39, 0.29) is 5.91 Å². The van der Waals surface area contributed by atoms with Gasteiger partial charge in [0.2, 0.25) is 5.91 Å². The number of halogens is 1. The Hall–Kier alpha value is -1.23. The van der Waals surface area contributed by atoms with Crippen LogP contribution in [0, 0.1) is 0 Å². The molecule has 0 saturated heterocycles. The number of hydrogen-bond donors (Lipinski definition) is 1. The average molecular weight is 301 g/mol. The summed E-state index contributed by atoms with van der Waals surface area (Å²) < 4.78 is 5.99. The largest absolute Gasteiger partial charge is 0.496 e. The summed E-state index contributed by atoms with van der Waals surface area (Å²) in [5, 5.41) is 3.08. The van der Waals surface area contributed by atoms with Gasteiger partial charge in [0.1, 0.15) is 5.75 Å². The number of anilines is 1. The lowest BCUT2D eigenvalue weighted by Gasteiger charge is -2.15. The molecule has 1 N–H and O–H groups in total. The minimum atomic E-state index is 0.0689. The summed E-state index contributed by atoms with van der Waals surface area (Å²) in [5.41, 5.74) is 0.885. The molecule has 5 heteroatoms. The molecule has 17 heavy (non-hydrogen) atoms. The molecule has 1 aromatic carbocycles. The van der Waals surface area contributed by atoms with E-state index in [9.17, 15) is 4.79 Å². The molecule has 4 nitrogen and oxygen atoms in total. The maximum absolute atomic E-state index is 11.6. The van der Waals surface area contributed by atoms with E-state index in [1.165, 1.54) is 0 Å². The number of nitrogens with zero attached hydrogens (tertiary/aromatic N) is 1. The summed E-state index contributed by atoms with van der Waals surface area (Å²) in [7, 11) is 3.40. The molecule has 0 unspecified atom stereocenters. The summed E-state index contributed by atoms with van der Waals surface area (Å²) in [6.07, 6.45) is 0. The Balaban J connectivity index is 2.58. The Morgan fingerprint density at radius 1 is 1.53 bits per heavy atom. The number of carbonyl (C=O) groups excluding carboxylic acids is 1. The van der Waals surface area contributed by atoms with Gasteiger partial charge in [-0.25, -0.2) is 0 Å². The molecule has 0 aliphatic heterocycles. The van der Waals surface area contributed by atoms with Gasteiger partial charge in [-0.05, 0) is 41.1 Å². The molecule has 1 aromatic rings. The Labute approximate surface area is 110 Å².